The van der Waals surface area contributed by atoms with Gasteiger partial charge in [-0.25, -0.2) is 0 Å². The van der Waals surface area contributed by atoms with E-state index in [1.807, 2.05) is 0 Å². The molecule has 114 heavy (non-hydrogen) atoms. The van der Waals surface area contributed by atoms with Crippen molar-refractivity contribution in [3.05, 3.63) is 329 Å². The summed E-state index contributed by atoms with van der Waals surface area (Å²) >= 11 is 0. The summed E-state index contributed by atoms with van der Waals surface area (Å²) in [6, 6.07) is 104. The predicted octanol–water partition coefficient (Wildman–Crippen LogP) is 31.8. The molecule has 560 valence electrons. The number of hydrogen-bond donors (Lipinski definition) is 0. The van der Waals surface area contributed by atoms with Gasteiger partial charge < -0.3 is 13.7 Å². The van der Waals surface area contributed by atoms with E-state index in [1.54, 1.807) is 11.1 Å². The largest absolute Gasteiger partial charge is 0.455 e. The smallest absolute Gasteiger partial charge is 0.144 e. The average molecular weight is 1480 g/mol. The van der Waals surface area contributed by atoms with Crippen LogP contribution in [0.4, 0.5) is 17.1 Å². The molecule has 0 saturated heterocycles. The molecule has 0 spiro atoms. The number of furan rings is 2. The Morgan fingerprint density at radius 2 is 0.675 bits per heavy atom. The molecule has 0 radical (unpaired) electrons. The van der Waals surface area contributed by atoms with Gasteiger partial charge in [-0.05, 0) is 219 Å². The first-order valence-electron chi connectivity index (χ1n) is 42.5. The van der Waals surface area contributed by atoms with Gasteiger partial charge in [0.05, 0.1) is 5.69 Å². The van der Waals surface area contributed by atoms with Crippen LogP contribution in [0.3, 0.4) is 0 Å². The van der Waals surface area contributed by atoms with Crippen LogP contribution in [0, 0.1) is 0 Å². The van der Waals surface area contributed by atoms with Crippen LogP contribution < -0.4 is 4.90 Å². The van der Waals surface area contributed by atoms with Crippen molar-refractivity contribution in [1.82, 2.24) is 0 Å². The summed E-state index contributed by atoms with van der Waals surface area (Å²) < 4.78 is 14.3. The minimum atomic E-state index is -0.409. The first-order chi connectivity index (χ1) is 55.5. The molecule has 5 aliphatic rings. The number of anilines is 3. The molecule has 0 amide bonds. The Bertz CT molecular complexity index is 6620. The van der Waals surface area contributed by atoms with Crippen LogP contribution in [0.15, 0.2) is 282 Å². The zero-order chi connectivity index (χ0) is 77.3. The predicted molar refractivity (Wildman–Crippen MR) is 481 cm³/mol. The number of unbranched alkanes of at least 4 members (excludes halogenated alkanes) is 8. The molecule has 0 fully saturated rings. The second-order valence-electron chi connectivity index (χ2n) is 36.0. The standard InChI is InChI=1S/C111H99NO2/c1-11-13-15-17-32-60-111(61-33-18-16-14-12-2)88-42-28-22-37-77(88)80-57-52-73(64-93(80)111)72-51-56-79-78-55-50-71(62-89(78)107(3,4)90(79)63-72)68-46-48-70(49-47-68)86-67-94-98(100-84-39-25-30-44-96(84)113-105(86)100)82-58-53-74(65-91(82)108(94,5)6)112(95-43-29-24-36-76(95)69-34-20-19-21-35-69)75-54-59-83-92(66-75)110(9,10)103-99(83)101-85-40-26-31-45-97(85)114-106(101)102-81-38-23-27-41-87(81)109(7,8)104(102)103/h19-31,34-59,62-67H,11-18,32-33,60-61H2,1-10H3. The third-order valence-corrected chi connectivity index (χ3v) is 28.1. The summed E-state index contributed by atoms with van der Waals surface area (Å²) in [5.41, 5.74) is 42.6. The molecular formula is C111H99NO2. The van der Waals surface area contributed by atoms with Crippen molar-refractivity contribution in [2.45, 2.75) is 173 Å². The van der Waals surface area contributed by atoms with Crippen molar-refractivity contribution in [1.29, 1.82) is 0 Å². The van der Waals surface area contributed by atoms with Crippen molar-refractivity contribution in [3.8, 4) is 100 Å². The van der Waals surface area contributed by atoms with Crippen LogP contribution in [-0.4, -0.2) is 0 Å². The van der Waals surface area contributed by atoms with Gasteiger partial charge in [-0.15, -0.1) is 0 Å². The van der Waals surface area contributed by atoms with Gasteiger partial charge in [0.2, 0.25) is 0 Å². The molecule has 0 saturated carbocycles. The van der Waals surface area contributed by atoms with Gasteiger partial charge in [0.1, 0.15) is 22.3 Å². The van der Waals surface area contributed by atoms with Gasteiger partial charge in [0.25, 0.3) is 0 Å². The summed E-state index contributed by atoms with van der Waals surface area (Å²) in [5.74, 6) is 0. The molecule has 16 aromatic rings. The molecule has 14 aromatic carbocycles. The highest BCUT2D eigenvalue weighted by Gasteiger charge is 2.50. The summed E-state index contributed by atoms with van der Waals surface area (Å²) in [7, 11) is 0. The first kappa shape index (κ1) is 70.4. The van der Waals surface area contributed by atoms with E-state index >= 15 is 0 Å². The van der Waals surface area contributed by atoms with Gasteiger partial charge in [-0.1, -0.05) is 340 Å². The molecule has 3 heteroatoms. The number of hydrogen-bond acceptors (Lipinski definition) is 3. The minimum Gasteiger partial charge on any atom is -0.455 e. The third-order valence-electron chi connectivity index (χ3n) is 28.1. The molecule has 0 N–H and O–H groups in total. The maximum Gasteiger partial charge on any atom is 0.144 e. The van der Waals surface area contributed by atoms with Crippen molar-refractivity contribution >= 4 is 60.9 Å². The van der Waals surface area contributed by atoms with E-state index in [1.165, 1.54) is 221 Å². The maximum absolute atomic E-state index is 7.18. The zero-order valence-corrected chi connectivity index (χ0v) is 67.7. The number of fused-ring (bicyclic) bond motifs is 25. The fraction of sp³-hybridized carbons (Fsp3) is 0.243. The van der Waals surface area contributed by atoms with E-state index in [2.05, 4.69) is 347 Å². The van der Waals surface area contributed by atoms with E-state index in [4.69, 9.17) is 8.83 Å². The fourth-order valence-electron chi connectivity index (χ4n) is 22.4. The second-order valence-corrected chi connectivity index (χ2v) is 36.0. The van der Waals surface area contributed by atoms with Gasteiger partial charge in [0, 0.05) is 76.7 Å². The molecule has 0 atom stereocenters. The summed E-state index contributed by atoms with van der Waals surface area (Å²) in [6.45, 7) is 24.2. The maximum atomic E-state index is 7.18. The average Bonchev–Trinajstić information content (AvgIpc) is 1.50. The highest BCUT2D eigenvalue weighted by Crippen LogP contribution is 2.65. The van der Waals surface area contributed by atoms with Crippen molar-refractivity contribution in [3.63, 3.8) is 0 Å². The topological polar surface area (TPSA) is 29.5 Å². The van der Waals surface area contributed by atoms with Crippen molar-refractivity contribution < 1.29 is 8.83 Å². The molecule has 2 heterocycles. The Morgan fingerprint density at radius 1 is 0.263 bits per heavy atom. The van der Waals surface area contributed by atoms with Crippen molar-refractivity contribution in [2.75, 3.05) is 4.90 Å². The molecule has 21 rings (SSSR count). The Hall–Kier alpha value is -11.5. The Morgan fingerprint density at radius 3 is 1.31 bits per heavy atom. The van der Waals surface area contributed by atoms with Gasteiger partial charge in [-0.3, -0.25) is 0 Å². The SMILES string of the molecule is CCCCCCCC1(CCCCCCC)c2ccccc2-c2ccc(-c3ccc4c(c3)C(C)(C)c3cc(-c5ccc(-c6cc7c(c8c6oc6ccccc68)-c6ccc(N(c8ccc9c(c8)C(C)(C)c8c%10c(c%11oc%12ccccc%12c%11c8-9)-c8ccccc8C%10(C)C)c8ccccc8-c8ccccc8)cc6C7(C)C)cc5)ccc3-4)cc21. The van der Waals surface area contributed by atoms with Crippen LogP contribution in [0.1, 0.15) is 202 Å². The molecule has 2 aromatic heterocycles. The molecule has 3 nitrogen and oxygen atoms in total. The first-order valence-corrected chi connectivity index (χ1v) is 42.5. The number of para-hydroxylation sites is 3. The van der Waals surface area contributed by atoms with Gasteiger partial charge in [0.15, 0.2) is 0 Å². The van der Waals surface area contributed by atoms with Crippen LogP contribution in [0.5, 0.6) is 0 Å². The lowest BCUT2D eigenvalue weighted by atomic mass is 9.70. The van der Waals surface area contributed by atoms with E-state index < -0.39 is 5.41 Å². The molecule has 0 unspecified atom stereocenters. The van der Waals surface area contributed by atoms with Crippen molar-refractivity contribution in [2.24, 2.45) is 0 Å². The lowest BCUT2D eigenvalue weighted by Gasteiger charge is -2.33. The summed E-state index contributed by atoms with van der Waals surface area (Å²) in [5, 5.41) is 4.68. The normalized spacial score (nSPS) is 15.4. The molecule has 0 aliphatic heterocycles. The minimum absolute atomic E-state index is 0.0411. The Labute approximate surface area is 672 Å². The summed E-state index contributed by atoms with van der Waals surface area (Å²) in [4.78, 5) is 2.55. The monoisotopic (exact) mass is 1480 g/mol. The number of rotatable bonds is 19. The Kier molecular flexibility index (Phi) is 16.2. The highest BCUT2D eigenvalue weighted by molar-refractivity contribution is 6.22. The third kappa shape index (κ3) is 10.3. The second kappa shape index (κ2) is 26.3. The zero-order valence-electron chi connectivity index (χ0n) is 67.7. The quantitative estimate of drug-likeness (QED) is 0.0756. The van der Waals surface area contributed by atoms with Gasteiger partial charge >= 0.3 is 0 Å². The van der Waals surface area contributed by atoms with E-state index in [0.717, 1.165) is 61.3 Å². The van der Waals surface area contributed by atoms with Crippen LogP contribution in [-0.2, 0) is 27.1 Å². The number of benzene rings is 14. The van der Waals surface area contributed by atoms with E-state index in [-0.39, 0.29) is 21.7 Å². The van der Waals surface area contributed by atoms with Gasteiger partial charge in [-0.2, -0.15) is 0 Å². The van der Waals surface area contributed by atoms with E-state index in [0.29, 0.717) is 0 Å². The molecule has 0 bridgehead atoms. The molecular weight excluding hydrogens is 1380 g/mol. The van der Waals surface area contributed by atoms with Crippen LogP contribution >= 0.6 is 0 Å². The van der Waals surface area contributed by atoms with Crippen LogP contribution in [0.2, 0.25) is 0 Å². The lowest BCUT2D eigenvalue weighted by molar-refractivity contribution is 0.399. The lowest BCUT2D eigenvalue weighted by Crippen LogP contribution is -2.25. The Balaban J connectivity index is 0.633. The highest BCUT2D eigenvalue weighted by atomic mass is 16.3. The van der Waals surface area contributed by atoms with Crippen LogP contribution in [0.25, 0.3) is 144 Å². The molecule has 5 aliphatic carbocycles. The summed E-state index contributed by atoms with van der Waals surface area (Å²) in [6.07, 6.45) is 15.5. The number of nitrogens with zero attached hydrogens (tertiary/aromatic N) is 1. The van der Waals surface area contributed by atoms with E-state index in [9.17, 15) is 0 Å². The fourth-order valence-corrected chi connectivity index (χ4v) is 22.4.